The number of carbonyl (C=O) groups is 1. The topological polar surface area (TPSA) is 72.4 Å². The van der Waals surface area contributed by atoms with Crippen molar-refractivity contribution in [2.24, 2.45) is 0 Å². The first-order valence-corrected chi connectivity index (χ1v) is 3.39. The van der Waals surface area contributed by atoms with E-state index in [-0.39, 0.29) is 29.2 Å². The molecule has 0 aliphatic carbocycles. The summed E-state index contributed by atoms with van der Waals surface area (Å²) in [5.41, 5.74) is 0. The number of rotatable bonds is 1. The average molecular weight is 186 g/mol. The normalized spacial score (nSPS) is 8.25. The Hall–Kier alpha value is -0.00377. The molecule has 0 atom stereocenters. The summed E-state index contributed by atoms with van der Waals surface area (Å²) >= 11 is 0. The van der Waals surface area contributed by atoms with Crippen LogP contribution in [-0.2, 0) is 4.74 Å². The maximum Gasteiger partial charge on any atom is 2.00 e. The zero-order valence-corrected chi connectivity index (χ0v) is 9.41. The molecular weight excluding hydrogens is 172 g/mol. The molecule has 0 aromatic carbocycles. The van der Waals surface area contributed by atoms with E-state index in [4.69, 9.17) is 0 Å². The predicted octanol–water partition coefficient (Wildman–Crippen LogP) is -0.871. The fraction of sp³-hybridized carbons (Fsp3) is 0.857. The van der Waals surface area contributed by atoms with Gasteiger partial charge in [-0.05, 0) is 13.8 Å². The number of ether oxygens (including phenoxy) is 1. The third kappa shape index (κ3) is 50.7. The molecule has 0 radical (unpaired) electrons. The molecule has 0 aliphatic heterocycles. The first kappa shape index (κ1) is 17.9. The Morgan fingerprint density at radius 3 is 1.50 bits per heavy atom. The standard InChI is InChI=1S/C4H8O3.C3H7O.Mg/c1-3(2)7-4(5)6;1-3(2)4;/h3H,1-2H3,(H,5,6);3H,1-2H3;/q;-1;+2/p-1. The van der Waals surface area contributed by atoms with Gasteiger partial charge in [0.1, 0.15) is 0 Å². The van der Waals surface area contributed by atoms with E-state index in [1.54, 1.807) is 27.7 Å². The third-order valence-corrected chi connectivity index (χ3v) is 0.332. The molecule has 0 saturated heterocycles. The Balaban J connectivity index is -0.000000142. The second kappa shape index (κ2) is 11.0. The fourth-order valence-corrected chi connectivity index (χ4v) is 0.192. The van der Waals surface area contributed by atoms with Gasteiger partial charge >= 0.3 is 23.1 Å². The van der Waals surface area contributed by atoms with E-state index >= 15 is 0 Å². The zero-order valence-electron chi connectivity index (χ0n) is 7.99. The molecule has 68 valence electrons. The molecule has 0 N–H and O–H groups in total. The first-order chi connectivity index (χ1) is 4.86. The van der Waals surface area contributed by atoms with Gasteiger partial charge in [0, 0.05) is 6.10 Å². The van der Waals surface area contributed by atoms with Gasteiger partial charge in [0.15, 0.2) is 0 Å². The van der Waals surface area contributed by atoms with Crippen molar-refractivity contribution < 1.29 is 19.7 Å². The van der Waals surface area contributed by atoms with Gasteiger partial charge in [-0.2, -0.15) is 0 Å². The smallest absolute Gasteiger partial charge is 0.852 e. The van der Waals surface area contributed by atoms with Crippen LogP contribution in [0.1, 0.15) is 27.7 Å². The summed E-state index contributed by atoms with van der Waals surface area (Å²) in [5.74, 6) is 0. The van der Waals surface area contributed by atoms with Crippen LogP contribution in [0.5, 0.6) is 0 Å². The van der Waals surface area contributed by atoms with Crippen LogP contribution < -0.4 is 10.2 Å². The van der Waals surface area contributed by atoms with E-state index in [1.165, 1.54) is 0 Å². The molecule has 0 fully saturated rings. The summed E-state index contributed by atoms with van der Waals surface area (Å²) in [5, 5.41) is 19.0. The van der Waals surface area contributed by atoms with Crippen molar-refractivity contribution in [1.82, 2.24) is 0 Å². The van der Waals surface area contributed by atoms with Crippen LogP contribution in [0.3, 0.4) is 0 Å². The molecule has 5 heteroatoms. The Labute approximate surface area is 89.1 Å². The van der Waals surface area contributed by atoms with Crippen LogP contribution in [0, 0.1) is 0 Å². The molecule has 0 aliphatic rings. The Morgan fingerprint density at radius 2 is 1.50 bits per heavy atom. The van der Waals surface area contributed by atoms with Crippen molar-refractivity contribution in [2.75, 3.05) is 0 Å². The van der Waals surface area contributed by atoms with E-state index < -0.39 is 12.3 Å². The summed E-state index contributed by atoms with van der Waals surface area (Å²) in [6.45, 7) is 6.46. The van der Waals surface area contributed by atoms with Crippen molar-refractivity contribution in [3.05, 3.63) is 0 Å². The minimum Gasteiger partial charge on any atom is -0.852 e. The summed E-state index contributed by atoms with van der Waals surface area (Å²) in [7, 11) is 0. The Morgan fingerprint density at radius 1 is 1.25 bits per heavy atom. The van der Waals surface area contributed by atoms with Gasteiger partial charge in [-0.3, -0.25) is 0 Å². The molecule has 4 nitrogen and oxygen atoms in total. The molecule has 0 spiro atoms. The van der Waals surface area contributed by atoms with E-state index in [9.17, 15) is 15.0 Å². The van der Waals surface area contributed by atoms with Crippen LogP contribution in [-0.4, -0.2) is 41.4 Å². The molecule has 12 heavy (non-hydrogen) atoms. The third-order valence-electron chi connectivity index (χ3n) is 0.332. The molecular formula is C7H14MgO4. The van der Waals surface area contributed by atoms with Crippen LogP contribution in [0.25, 0.3) is 0 Å². The van der Waals surface area contributed by atoms with Crippen LogP contribution in [0.2, 0.25) is 0 Å². The second-order valence-corrected chi connectivity index (χ2v) is 2.47. The molecule has 0 aromatic rings. The van der Waals surface area contributed by atoms with Gasteiger partial charge in [0.05, 0.1) is 0 Å². The van der Waals surface area contributed by atoms with E-state index in [2.05, 4.69) is 4.74 Å². The Kier molecular flexibility index (Phi) is 16.4. The summed E-state index contributed by atoms with van der Waals surface area (Å²) in [6.07, 6.45) is -2.17. The van der Waals surface area contributed by atoms with Crippen molar-refractivity contribution in [3.63, 3.8) is 0 Å². The molecule has 0 unspecified atom stereocenters. The van der Waals surface area contributed by atoms with Gasteiger partial charge in [-0.15, -0.1) is 6.10 Å². The minimum atomic E-state index is -1.46. The fourth-order valence-electron chi connectivity index (χ4n) is 0.192. The van der Waals surface area contributed by atoms with E-state index in [1.807, 2.05) is 0 Å². The van der Waals surface area contributed by atoms with Crippen molar-refractivity contribution >= 4 is 29.2 Å². The summed E-state index contributed by atoms with van der Waals surface area (Å²) in [6, 6.07) is 0. The molecule has 0 rings (SSSR count). The monoisotopic (exact) mass is 186 g/mol. The minimum absolute atomic E-state index is 0. The molecule has 0 heterocycles. The van der Waals surface area contributed by atoms with Crippen LogP contribution in [0.4, 0.5) is 4.79 Å². The van der Waals surface area contributed by atoms with Crippen LogP contribution >= 0.6 is 0 Å². The second-order valence-electron chi connectivity index (χ2n) is 2.47. The van der Waals surface area contributed by atoms with Crippen molar-refractivity contribution in [3.8, 4) is 0 Å². The SMILES string of the molecule is CC(C)OC(=O)[O-].CC(C)[O-].[Mg+2]. The van der Waals surface area contributed by atoms with Crippen LogP contribution in [0.15, 0.2) is 0 Å². The number of hydrogen-bond donors (Lipinski definition) is 0. The van der Waals surface area contributed by atoms with Gasteiger partial charge < -0.3 is 19.7 Å². The largest absolute Gasteiger partial charge is 2.00 e. The maximum absolute atomic E-state index is 9.53. The first-order valence-electron chi connectivity index (χ1n) is 3.39. The van der Waals surface area contributed by atoms with E-state index in [0.29, 0.717) is 0 Å². The summed E-state index contributed by atoms with van der Waals surface area (Å²) < 4.78 is 4.06. The molecule has 0 saturated carbocycles. The summed E-state index contributed by atoms with van der Waals surface area (Å²) in [4.78, 5) is 9.48. The number of hydrogen-bond acceptors (Lipinski definition) is 4. The predicted molar refractivity (Wildman–Crippen MR) is 42.5 cm³/mol. The zero-order chi connectivity index (χ0) is 9.44. The van der Waals surface area contributed by atoms with Gasteiger partial charge in [-0.1, -0.05) is 13.8 Å². The number of carboxylic acid groups (broad SMARTS) is 1. The van der Waals surface area contributed by atoms with Gasteiger partial charge in [0.25, 0.3) is 6.16 Å². The van der Waals surface area contributed by atoms with Crippen molar-refractivity contribution in [2.45, 2.75) is 39.9 Å². The average Bonchev–Trinajstić information content (AvgIpc) is 1.56. The molecule has 0 aromatic heterocycles. The Bertz CT molecular complexity index is 101. The van der Waals surface area contributed by atoms with Crippen molar-refractivity contribution in [1.29, 1.82) is 0 Å². The maximum atomic E-state index is 9.53. The quantitative estimate of drug-likeness (QED) is 0.394. The number of carbonyl (C=O) groups excluding carboxylic acids is 1. The molecule has 0 bridgehead atoms. The molecule has 0 amide bonds. The van der Waals surface area contributed by atoms with Gasteiger partial charge in [-0.25, -0.2) is 0 Å². The van der Waals surface area contributed by atoms with Gasteiger partial charge in [0.2, 0.25) is 0 Å². The van der Waals surface area contributed by atoms with E-state index in [0.717, 1.165) is 0 Å².